The van der Waals surface area contributed by atoms with Gasteiger partial charge in [0.1, 0.15) is 11.7 Å². The average Bonchev–Trinajstić information content (AvgIpc) is 3.35. The van der Waals surface area contributed by atoms with Crippen molar-refractivity contribution < 1.29 is 32.3 Å². The van der Waals surface area contributed by atoms with Gasteiger partial charge in [0.15, 0.2) is 6.10 Å². The van der Waals surface area contributed by atoms with E-state index < -0.39 is 41.6 Å². The molecule has 34 heavy (non-hydrogen) atoms. The van der Waals surface area contributed by atoms with Crippen molar-refractivity contribution >= 4 is 23.2 Å². The van der Waals surface area contributed by atoms with Crippen LogP contribution in [0.2, 0.25) is 0 Å². The van der Waals surface area contributed by atoms with Crippen molar-refractivity contribution in [3.63, 3.8) is 0 Å². The zero-order chi connectivity index (χ0) is 24.0. The lowest BCUT2D eigenvalue weighted by molar-refractivity contribution is -0.137. The van der Waals surface area contributed by atoms with Crippen LogP contribution in [-0.4, -0.2) is 25.0 Å². The quantitative estimate of drug-likeness (QED) is 0.517. The monoisotopic (exact) mass is 468 g/mol. The van der Waals surface area contributed by atoms with Crippen molar-refractivity contribution in [3.8, 4) is 5.75 Å². The molecule has 0 N–H and O–H groups in total. The Morgan fingerprint density at radius 1 is 0.853 bits per heavy atom. The Hall–Kier alpha value is -3.85. The van der Waals surface area contributed by atoms with Crippen molar-refractivity contribution in [1.29, 1.82) is 0 Å². The first-order valence-corrected chi connectivity index (χ1v) is 10.5. The molecule has 0 aliphatic carbocycles. The fraction of sp³-hybridized carbons (Fsp3) is 0.200. The second kappa shape index (κ2) is 8.18. The molecule has 2 heterocycles. The minimum atomic E-state index is -4.61. The molecule has 0 unspecified atom stereocenters. The molecule has 2 amide bonds. The number of methoxy groups -OCH3 is 1. The third-order valence-corrected chi connectivity index (χ3v) is 5.99. The smallest absolute Gasteiger partial charge is 0.416 e. The minimum absolute atomic E-state index is 0.140. The van der Waals surface area contributed by atoms with Crippen LogP contribution in [0, 0.1) is 5.92 Å². The largest absolute Gasteiger partial charge is 0.497 e. The molecule has 2 aliphatic rings. The SMILES string of the molecule is COc1cccc([C@@H]2[C@@H]3C(=O)N(c4cccc(C(F)(F)F)c4)C(=O)[C@@H]3ON2c2ccccc2)c1. The van der Waals surface area contributed by atoms with Crippen LogP contribution in [0.1, 0.15) is 17.2 Å². The summed E-state index contributed by atoms with van der Waals surface area (Å²) < 4.78 is 45.0. The van der Waals surface area contributed by atoms with E-state index in [9.17, 15) is 22.8 Å². The third kappa shape index (κ3) is 3.58. The molecule has 0 saturated carbocycles. The van der Waals surface area contributed by atoms with Crippen LogP contribution in [0.3, 0.4) is 0 Å². The van der Waals surface area contributed by atoms with E-state index in [1.54, 1.807) is 48.5 Å². The highest BCUT2D eigenvalue weighted by molar-refractivity contribution is 6.24. The number of hydroxylamine groups is 1. The normalized spacial score (nSPS) is 22.3. The number of fused-ring (bicyclic) bond motifs is 1. The first-order valence-electron chi connectivity index (χ1n) is 10.5. The zero-order valence-electron chi connectivity index (χ0n) is 17.9. The molecule has 3 aromatic carbocycles. The number of hydrogen-bond acceptors (Lipinski definition) is 5. The number of hydrogen-bond donors (Lipinski definition) is 0. The topological polar surface area (TPSA) is 59.1 Å². The Morgan fingerprint density at radius 2 is 1.56 bits per heavy atom. The number of ether oxygens (including phenoxy) is 1. The van der Waals surface area contributed by atoms with Gasteiger partial charge in [-0.25, -0.2) is 9.96 Å². The number of alkyl halides is 3. The van der Waals surface area contributed by atoms with E-state index in [2.05, 4.69) is 0 Å². The molecule has 2 aliphatic heterocycles. The first kappa shape index (κ1) is 22.0. The van der Waals surface area contributed by atoms with Crippen LogP contribution in [0.25, 0.3) is 0 Å². The van der Waals surface area contributed by atoms with E-state index in [0.717, 1.165) is 17.0 Å². The summed E-state index contributed by atoms with van der Waals surface area (Å²) >= 11 is 0. The molecule has 2 saturated heterocycles. The maximum atomic E-state index is 13.6. The average molecular weight is 468 g/mol. The van der Waals surface area contributed by atoms with E-state index in [0.29, 0.717) is 17.0 Å². The molecule has 0 bridgehead atoms. The summed E-state index contributed by atoms with van der Waals surface area (Å²) in [4.78, 5) is 33.6. The number of benzene rings is 3. The van der Waals surface area contributed by atoms with Gasteiger partial charge in [0.25, 0.3) is 5.91 Å². The highest BCUT2D eigenvalue weighted by atomic mass is 19.4. The summed E-state index contributed by atoms with van der Waals surface area (Å²) in [6, 6.07) is 19.5. The maximum Gasteiger partial charge on any atom is 0.416 e. The summed E-state index contributed by atoms with van der Waals surface area (Å²) in [6.07, 6.45) is -5.79. The molecule has 2 fully saturated rings. The van der Waals surface area contributed by atoms with Crippen LogP contribution >= 0.6 is 0 Å². The lowest BCUT2D eigenvalue weighted by Gasteiger charge is -2.29. The minimum Gasteiger partial charge on any atom is -0.497 e. The lowest BCUT2D eigenvalue weighted by atomic mass is 9.90. The van der Waals surface area contributed by atoms with Gasteiger partial charge in [0.2, 0.25) is 5.91 Å². The van der Waals surface area contributed by atoms with Crippen LogP contribution in [-0.2, 0) is 20.6 Å². The Labute approximate surface area is 193 Å². The molecule has 9 heteroatoms. The molecular formula is C25H19F3N2O4. The Bertz CT molecular complexity index is 1250. The Balaban J connectivity index is 1.58. The predicted molar refractivity (Wildman–Crippen MR) is 117 cm³/mol. The molecule has 3 aromatic rings. The summed E-state index contributed by atoms with van der Waals surface area (Å²) in [7, 11) is 1.52. The molecule has 6 nitrogen and oxygen atoms in total. The predicted octanol–water partition coefficient (Wildman–Crippen LogP) is 4.77. The summed E-state index contributed by atoms with van der Waals surface area (Å²) in [5, 5.41) is 1.52. The van der Waals surface area contributed by atoms with E-state index in [-0.39, 0.29) is 5.69 Å². The first-order chi connectivity index (χ1) is 16.3. The van der Waals surface area contributed by atoms with Crippen LogP contribution in [0.5, 0.6) is 5.75 Å². The number of para-hydroxylation sites is 1. The van der Waals surface area contributed by atoms with E-state index in [1.165, 1.54) is 24.3 Å². The molecule has 174 valence electrons. The number of carbonyl (C=O) groups excluding carboxylic acids is 2. The fourth-order valence-corrected chi connectivity index (χ4v) is 4.45. The summed E-state index contributed by atoms with van der Waals surface area (Å²) in [5.74, 6) is -1.74. The Morgan fingerprint density at radius 3 is 2.26 bits per heavy atom. The zero-order valence-corrected chi connectivity index (χ0v) is 17.9. The van der Waals surface area contributed by atoms with Crippen LogP contribution < -0.4 is 14.7 Å². The standard InChI is InChI=1S/C25H19F3N2O4/c1-33-19-12-5-7-15(13-19)21-20-22(34-30(21)17-9-3-2-4-10-17)24(32)29(23(20)31)18-11-6-8-16(14-18)25(26,27)28/h2-14,20-22H,1H3/t20-,21+,22+/m0/s1. The highest BCUT2D eigenvalue weighted by Gasteiger charge is 2.60. The fourth-order valence-electron chi connectivity index (χ4n) is 4.45. The van der Waals surface area contributed by atoms with Gasteiger partial charge < -0.3 is 4.74 Å². The van der Waals surface area contributed by atoms with Gasteiger partial charge in [-0.15, -0.1) is 0 Å². The summed E-state index contributed by atoms with van der Waals surface area (Å²) in [6.45, 7) is 0. The van der Waals surface area contributed by atoms with E-state index in [4.69, 9.17) is 9.57 Å². The van der Waals surface area contributed by atoms with Crippen LogP contribution in [0.4, 0.5) is 24.5 Å². The number of rotatable bonds is 4. The van der Waals surface area contributed by atoms with Crippen LogP contribution in [0.15, 0.2) is 78.9 Å². The molecule has 0 radical (unpaired) electrons. The second-order valence-corrected chi connectivity index (χ2v) is 7.99. The molecule has 3 atom stereocenters. The lowest BCUT2D eigenvalue weighted by Crippen LogP contribution is -2.37. The number of amides is 2. The van der Waals surface area contributed by atoms with E-state index >= 15 is 0 Å². The van der Waals surface area contributed by atoms with Crippen molar-refractivity contribution in [2.75, 3.05) is 17.1 Å². The van der Waals surface area contributed by atoms with Gasteiger partial charge in [-0.3, -0.25) is 14.4 Å². The molecular weight excluding hydrogens is 449 g/mol. The van der Waals surface area contributed by atoms with Crippen molar-refractivity contribution in [2.45, 2.75) is 18.3 Å². The molecule has 5 rings (SSSR count). The van der Waals surface area contributed by atoms with Crippen molar-refractivity contribution in [2.24, 2.45) is 5.92 Å². The highest BCUT2D eigenvalue weighted by Crippen LogP contribution is 2.48. The van der Waals surface area contributed by atoms with Crippen molar-refractivity contribution in [3.05, 3.63) is 90.0 Å². The van der Waals surface area contributed by atoms with E-state index in [1.807, 2.05) is 6.07 Å². The van der Waals surface area contributed by atoms with Gasteiger partial charge in [0, 0.05) is 0 Å². The molecule has 0 spiro atoms. The maximum absolute atomic E-state index is 13.6. The third-order valence-electron chi connectivity index (χ3n) is 5.99. The van der Waals surface area contributed by atoms with Gasteiger partial charge in [-0.2, -0.15) is 13.2 Å². The van der Waals surface area contributed by atoms with Gasteiger partial charge in [-0.1, -0.05) is 36.4 Å². The Kier molecular flexibility index (Phi) is 5.28. The van der Waals surface area contributed by atoms with Gasteiger partial charge in [-0.05, 0) is 48.0 Å². The summed E-state index contributed by atoms with van der Waals surface area (Å²) in [5.41, 5.74) is 0.219. The number of nitrogens with zero attached hydrogens (tertiary/aromatic N) is 2. The molecule has 0 aromatic heterocycles. The number of carbonyl (C=O) groups is 2. The number of halogens is 3. The van der Waals surface area contributed by atoms with Gasteiger partial charge in [0.05, 0.1) is 30.1 Å². The van der Waals surface area contributed by atoms with Gasteiger partial charge >= 0.3 is 6.18 Å². The number of imide groups is 1. The second-order valence-electron chi connectivity index (χ2n) is 7.99. The van der Waals surface area contributed by atoms with Crippen molar-refractivity contribution in [1.82, 2.24) is 0 Å². The number of anilines is 2.